The molecule has 1 aliphatic heterocycles. The van der Waals surface area contributed by atoms with Crippen LogP contribution >= 0.6 is 0 Å². The van der Waals surface area contributed by atoms with E-state index in [1.807, 2.05) is 17.0 Å². The Bertz CT molecular complexity index is 1050. The van der Waals surface area contributed by atoms with Crippen molar-refractivity contribution >= 4 is 11.9 Å². The lowest BCUT2D eigenvalue weighted by atomic mass is 9.82. The molecule has 2 aromatic rings. The quantitative estimate of drug-likeness (QED) is 0.349. The normalized spacial score (nSPS) is 20.1. The highest BCUT2D eigenvalue weighted by molar-refractivity contribution is 5.83. The minimum atomic E-state index is -4.34. The number of esters is 1. The standard InChI is InChI=1S/C30H36F3NO4/c1-2-37-29(36)25(18-28(35)34-19-23-5-3-4-6-24(23)20-34)17-22-9-13-27(14-10-22)38-16-15-21-7-11-26(12-8-21)30(31,32)33/h7-14,23-25H,2-6,15-20H2,1H3/t23-,24+,25?. The van der Waals surface area contributed by atoms with E-state index in [9.17, 15) is 22.8 Å². The number of fused-ring (bicyclic) bond motifs is 1. The van der Waals surface area contributed by atoms with Crippen molar-refractivity contribution in [2.24, 2.45) is 17.8 Å². The molecule has 2 aliphatic rings. The lowest BCUT2D eigenvalue weighted by Gasteiger charge is -2.22. The van der Waals surface area contributed by atoms with Crippen molar-refractivity contribution in [2.75, 3.05) is 26.3 Å². The number of amides is 1. The van der Waals surface area contributed by atoms with Crippen molar-refractivity contribution in [3.05, 3.63) is 65.2 Å². The first kappa shape index (κ1) is 28.0. The van der Waals surface area contributed by atoms with Gasteiger partial charge in [0, 0.05) is 25.9 Å². The molecule has 0 aromatic heterocycles. The number of likely N-dealkylation sites (tertiary alicyclic amines) is 1. The number of nitrogens with zero attached hydrogens (tertiary/aromatic N) is 1. The van der Waals surface area contributed by atoms with Crippen LogP contribution in [-0.2, 0) is 33.3 Å². The van der Waals surface area contributed by atoms with E-state index in [1.54, 1.807) is 19.1 Å². The SMILES string of the molecule is CCOC(=O)C(CC(=O)N1C[C@H]2CCCC[C@H]2C1)Cc1ccc(OCCc2ccc(C(F)(F)F)cc2)cc1. The maximum absolute atomic E-state index is 13.1. The number of halogens is 3. The molecule has 0 N–H and O–H groups in total. The Balaban J connectivity index is 1.29. The molecule has 4 rings (SSSR count). The maximum atomic E-state index is 13.1. The Hall–Kier alpha value is -3.03. The molecule has 1 saturated heterocycles. The van der Waals surface area contributed by atoms with Gasteiger partial charge in [-0.05, 0) is 73.4 Å². The van der Waals surface area contributed by atoms with E-state index >= 15 is 0 Å². The van der Waals surface area contributed by atoms with Crippen LogP contribution in [0.4, 0.5) is 13.2 Å². The minimum absolute atomic E-state index is 0.0284. The summed E-state index contributed by atoms with van der Waals surface area (Å²) in [6, 6.07) is 12.4. The van der Waals surface area contributed by atoms with Gasteiger partial charge in [-0.1, -0.05) is 37.1 Å². The van der Waals surface area contributed by atoms with E-state index in [4.69, 9.17) is 9.47 Å². The second-order valence-corrected chi connectivity index (χ2v) is 10.4. The van der Waals surface area contributed by atoms with Gasteiger partial charge in [0.15, 0.2) is 0 Å². The van der Waals surface area contributed by atoms with Crippen molar-refractivity contribution in [3.8, 4) is 5.75 Å². The first-order chi connectivity index (χ1) is 18.2. The molecular weight excluding hydrogens is 495 g/mol. The molecule has 1 amide bonds. The molecule has 5 nitrogen and oxygen atoms in total. The molecule has 8 heteroatoms. The van der Waals surface area contributed by atoms with Crippen LogP contribution in [0.3, 0.4) is 0 Å². The van der Waals surface area contributed by atoms with Crippen LogP contribution in [0.5, 0.6) is 5.75 Å². The van der Waals surface area contributed by atoms with Gasteiger partial charge in [-0.15, -0.1) is 0 Å². The summed E-state index contributed by atoms with van der Waals surface area (Å²) >= 11 is 0. The van der Waals surface area contributed by atoms with Gasteiger partial charge in [0.1, 0.15) is 5.75 Å². The molecule has 1 aliphatic carbocycles. The number of carbonyl (C=O) groups excluding carboxylic acids is 2. The van der Waals surface area contributed by atoms with Gasteiger partial charge in [-0.2, -0.15) is 13.2 Å². The zero-order valence-electron chi connectivity index (χ0n) is 21.8. The predicted molar refractivity (Wildman–Crippen MR) is 138 cm³/mol. The van der Waals surface area contributed by atoms with E-state index in [2.05, 4.69) is 0 Å². The third-order valence-corrected chi connectivity index (χ3v) is 7.72. The number of hydrogen-bond donors (Lipinski definition) is 0. The van der Waals surface area contributed by atoms with E-state index in [0.29, 0.717) is 37.0 Å². The molecule has 206 valence electrons. The van der Waals surface area contributed by atoms with Gasteiger partial charge in [0.2, 0.25) is 5.91 Å². The molecular formula is C30H36F3NO4. The fourth-order valence-corrected chi connectivity index (χ4v) is 5.60. The first-order valence-electron chi connectivity index (χ1n) is 13.5. The molecule has 0 radical (unpaired) electrons. The summed E-state index contributed by atoms with van der Waals surface area (Å²) < 4.78 is 49.2. The summed E-state index contributed by atoms with van der Waals surface area (Å²) in [6.45, 7) is 3.96. The van der Waals surface area contributed by atoms with Crippen molar-refractivity contribution in [1.29, 1.82) is 0 Å². The number of benzene rings is 2. The molecule has 1 saturated carbocycles. The van der Waals surface area contributed by atoms with Gasteiger partial charge in [-0.25, -0.2) is 0 Å². The molecule has 2 fully saturated rings. The van der Waals surface area contributed by atoms with Crippen LogP contribution in [0, 0.1) is 17.8 Å². The van der Waals surface area contributed by atoms with E-state index in [-0.39, 0.29) is 24.9 Å². The average Bonchev–Trinajstić information content (AvgIpc) is 3.34. The second kappa shape index (κ2) is 12.7. The molecule has 38 heavy (non-hydrogen) atoms. The lowest BCUT2D eigenvalue weighted by Crippen LogP contribution is -2.33. The summed E-state index contributed by atoms with van der Waals surface area (Å²) in [7, 11) is 0. The number of carbonyl (C=O) groups is 2. The topological polar surface area (TPSA) is 55.8 Å². The van der Waals surface area contributed by atoms with Crippen LogP contribution < -0.4 is 4.74 Å². The monoisotopic (exact) mass is 531 g/mol. The molecule has 0 bridgehead atoms. The predicted octanol–water partition coefficient (Wildman–Crippen LogP) is 6.09. The molecule has 1 heterocycles. The Labute approximate surface area is 222 Å². The second-order valence-electron chi connectivity index (χ2n) is 10.4. The summed E-state index contributed by atoms with van der Waals surface area (Å²) in [5.74, 6) is 0.955. The fraction of sp³-hybridized carbons (Fsp3) is 0.533. The largest absolute Gasteiger partial charge is 0.493 e. The highest BCUT2D eigenvalue weighted by Crippen LogP contribution is 2.36. The fourth-order valence-electron chi connectivity index (χ4n) is 5.60. The van der Waals surface area contributed by atoms with Crippen LogP contribution in [0.15, 0.2) is 48.5 Å². The number of ether oxygens (including phenoxy) is 2. The highest BCUT2D eigenvalue weighted by atomic mass is 19.4. The third-order valence-electron chi connectivity index (χ3n) is 7.72. The Kier molecular flexibility index (Phi) is 9.34. The van der Waals surface area contributed by atoms with Crippen LogP contribution in [0.2, 0.25) is 0 Å². The van der Waals surface area contributed by atoms with Gasteiger partial charge in [0.25, 0.3) is 0 Å². The number of rotatable bonds is 10. The van der Waals surface area contributed by atoms with Crippen LogP contribution in [0.1, 0.15) is 55.7 Å². The number of hydrogen-bond acceptors (Lipinski definition) is 4. The van der Waals surface area contributed by atoms with Gasteiger partial charge in [-0.3, -0.25) is 9.59 Å². The minimum Gasteiger partial charge on any atom is -0.493 e. The lowest BCUT2D eigenvalue weighted by molar-refractivity contribution is -0.151. The zero-order valence-corrected chi connectivity index (χ0v) is 21.8. The Morgan fingerprint density at radius 3 is 2.13 bits per heavy atom. The summed E-state index contributed by atoms with van der Waals surface area (Å²) in [5, 5.41) is 0. The molecule has 1 unspecified atom stereocenters. The summed E-state index contributed by atoms with van der Waals surface area (Å²) in [4.78, 5) is 27.7. The smallest absolute Gasteiger partial charge is 0.416 e. The van der Waals surface area contributed by atoms with Crippen molar-refractivity contribution < 1.29 is 32.2 Å². The summed E-state index contributed by atoms with van der Waals surface area (Å²) in [5.41, 5.74) is 0.994. The van der Waals surface area contributed by atoms with Crippen molar-refractivity contribution in [2.45, 2.75) is 58.0 Å². The first-order valence-corrected chi connectivity index (χ1v) is 13.5. The average molecular weight is 532 g/mol. The molecule has 2 aromatic carbocycles. The summed E-state index contributed by atoms with van der Waals surface area (Å²) in [6.07, 6.45) is 1.53. The van der Waals surface area contributed by atoms with E-state index < -0.39 is 17.7 Å². The van der Waals surface area contributed by atoms with Gasteiger partial charge < -0.3 is 14.4 Å². The highest BCUT2D eigenvalue weighted by Gasteiger charge is 2.37. The van der Waals surface area contributed by atoms with Crippen molar-refractivity contribution in [1.82, 2.24) is 4.90 Å². The Morgan fingerprint density at radius 1 is 0.947 bits per heavy atom. The third kappa shape index (κ3) is 7.51. The van der Waals surface area contributed by atoms with E-state index in [1.165, 1.54) is 37.8 Å². The number of alkyl halides is 3. The van der Waals surface area contributed by atoms with Crippen molar-refractivity contribution in [3.63, 3.8) is 0 Å². The van der Waals surface area contributed by atoms with Gasteiger partial charge >= 0.3 is 12.1 Å². The van der Waals surface area contributed by atoms with Crippen LogP contribution in [0.25, 0.3) is 0 Å². The zero-order chi connectivity index (χ0) is 27.1. The van der Waals surface area contributed by atoms with Crippen LogP contribution in [-0.4, -0.2) is 43.1 Å². The maximum Gasteiger partial charge on any atom is 0.416 e. The Morgan fingerprint density at radius 2 is 1.55 bits per heavy atom. The molecule has 3 atom stereocenters. The van der Waals surface area contributed by atoms with Gasteiger partial charge in [0.05, 0.1) is 24.7 Å². The molecule has 0 spiro atoms. The van der Waals surface area contributed by atoms with E-state index in [0.717, 1.165) is 36.3 Å².